The zero-order valence-corrected chi connectivity index (χ0v) is 14.1. The summed E-state index contributed by atoms with van der Waals surface area (Å²) in [5, 5.41) is 13.0. The van der Waals surface area contributed by atoms with E-state index in [2.05, 4.69) is 5.32 Å². The van der Waals surface area contributed by atoms with E-state index in [1.807, 2.05) is 6.92 Å². The summed E-state index contributed by atoms with van der Waals surface area (Å²) in [6, 6.07) is 10.3. The molecule has 1 amide bonds. The molecule has 25 heavy (non-hydrogen) atoms. The Morgan fingerprint density at radius 3 is 2.64 bits per heavy atom. The average Bonchev–Trinajstić information content (AvgIpc) is 2.85. The fourth-order valence-electron chi connectivity index (χ4n) is 2.43. The van der Waals surface area contributed by atoms with Crippen molar-refractivity contribution in [2.24, 2.45) is 0 Å². The van der Waals surface area contributed by atoms with Gasteiger partial charge in [0.1, 0.15) is 11.5 Å². The molecule has 0 aliphatic carbocycles. The topological polar surface area (TPSA) is 61.8 Å². The van der Waals surface area contributed by atoms with Crippen molar-refractivity contribution in [1.82, 2.24) is 5.32 Å². The minimum Gasteiger partial charge on any atom is -0.504 e. The lowest BCUT2D eigenvalue weighted by molar-refractivity contribution is -0.113. The Morgan fingerprint density at radius 2 is 2.00 bits per heavy atom. The van der Waals surface area contributed by atoms with Gasteiger partial charge in [0.05, 0.1) is 12.3 Å². The van der Waals surface area contributed by atoms with Crippen LogP contribution in [0.3, 0.4) is 0 Å². The number of nitrogens with zero attached hydrogens (tertiary/aromatic N) is 1. The van der Waals surface area contributed by atoms with Gasteiger partial charge >= 0.3 is 0 Å². The summed E-state index contributed by atoms with van der Waals surface area (Å²) in [5.74, 6) is -0.390. The van der Waals surface area contributed by atoms with Crippen molar-refractivity contribution in [1.29, 1.82) is 0 Å². The number of nitrogens with one attached hydrogen (secondary N) is 1. The highest BCUT2D eigenvalue weighted by Crippen LogP contribution is 2.28. The number of benzene rings is 2. The van der Waals surface area contributed by atoms with Crippen LogP contribution in [0, 0.1) is 5.82 Å². The Labute approximate surface area is 149 Å². The molecule has 2 N–H and O–H groups in total. The highest BCUT2D eigenvalue weighted by Gasteiger charge is 2.31. The summed E-state index contributed by atoms with van der Waals surface area (Å²) in [5.41, 5.74) is 1.35. The molecule has 0 radical (unpaired) electrons. The predicted molar refractivity (Wildman–Crippen MR) is 96.9 cm³/mol. The van der Waals surface area contributed by atoms with Gasteiger partial charge in [-0.1, -0.05) is 6.07 Å². The number of phenols is 1. The summed E-state index contributed by atoms with van der Waals surface area (Å²) in [6.45, 7) is 2.26. The van der Waals surface area contributed by atoms with Crippen molar-refractivity contribution in [3.63, 3.8) is 0 Å². The number of aromatic hydroxyl groups is 1. The van der Waals surface area contributed by atoms with Gasteiger partial charge in [-0.05, 0) is 67.2 Å². The van der Waals surface area contributed by atoms with Crippen LogP contribution in [-0.4, -0.2) is 22.7 Å². The van der Waals surface area contributed by atoms with Gasteiger partial charge < -0.3 is 15.2 Å². The van der Waals surface area contributed by atoms with Crippen LogP contribution >= 0.6 is 12.2 Å². The molecule has 0 bridgehead atoms. The number of hydrogen-bond acceptors (Lipinski definition) is 4. The maximum absolute atomic E-state index is 13.1. The molecular weight excluding hydrogens is 343 g/mol. The van der Waals surface area contributed by atoms with Gasteiger partial charge in [0.25, 0.3) is 5.91 Å². The second kappa shape index (κ2) is 6.90. The standard InChI is InChI=1S/C18H15FN2O3S/c1-2-24-16-8-3-11(10-15(16)22)9-14-17(23)21(18(25)20-14)13-6-4-12(19)5-7-13/h3-10,22H,2H2,1H3,(H,20,25)/b14-9+. The lowest BCUT2D eigenvalue weighted by Crippen LogP contribution is -2.30. The largest absolute Gasteiger partial charge is 0.504 e. The summed E-state index contributed by atoms with van der Waals surface area (Å²) < 4.78 is 18.3. The first-order valence-electron chi connectivity index (χ1n) is 7.58. The SMILES string of the molecule is CCOc1ccc(/C=C2/NC(=S)N(c3ccc(F)cc3)C2=O)cc1O. The van der Waals surface area contributed by atoms with Crippen LogP contribution in [0.15, 0.2) is 48.2 Å². The van der Waals surface area contributed by atoms with E-state index in [1.165, 1.54) is 35.2 Å². The van der Waals surface area contributed by atoms with Crippen LogP contribution < -0.4 is 15.0 Å². The predicted octanol–water partition coefficient (Wildman–Crippen LogP) is 3.19. The number of halogens is 1. The van der Waals surface area contributed by atoms with Gasteiger partial charge in [-0.2, -0.15) is 0 Å². The lowest BCUT2D eigenvalue weighted by atomic mass is 10.1. The number of thiocarbonyl (C=S) groups is 1. The molecule has 128 valence electrons. The molecular formula is C18H15FN2O3S. The van der Waals surface area contributed by atoms with E-state index in [9.17, 15) is 14.3 Å². The first-order valence-corrected chi connectivity index (χ1v) is 7.99. The van der Waals surface area contributed by atoms with E-state index in [0.717, 1.165) is 0 Å². The summed E-state index contributed by atoms with van der Waals surface area (Å²) in [4.78, 5) is 13.9. The molecule has 0 saturated carbocycles. The molecule has 0 atom stereocenters. The van der Waals surface area contributed by atoms with Crippen molar-refractivity contribution < 1.29 is 19.0 Å². The van der Waals surface area contributed by atoms with Crippen LogP contribution in [-0.2, 0) is 4.79 Å². The highest BCUT2D eigenvalue weighted by molar-refractivity contribution is 7.80. The molecule has 1 fully saturated rings. The molecule has 3 rings (SSSR count). The molecule has 5 nitrogen and oxygen atoms in total. The number of hydrogen-bond donors (Lipinski definition) is 2. The minimum absolute atomic E-state index is 0.0142. The first kappa shape index (κ1) is 16.9. The van der Waals surface area contributed by atoms with Gasteiger partial charge in [-0.15, -0.1) is 0 Å². The third kappa shape index (κ3) is 3.46. The number of ether oxygens (including phenoxy) is 1. The molecule has 1 aliphatic rings. The molecule has 2 aromatic rings. The number of phenolic OH excluding ortho intramolecular Hbond substituents is 1. The fraction of sp³-hybridized carbons (Fsp3) is 0.111. The first-order chi connectivity index (χ1) is 12.0. The number of carbonyl (C=O) groups excluding carboxylic acids is 1. The van der Waals surface area contributed by atoms with Crippen LogP contribution in [0.1, 0.15) is 12.5 Å². The van der Waals surface area contributed by atoms with E-state index in [1.54, 1.807) is 18.2 Å². The Kier molecular flexibility index (Phi) is 4.67. The minimum atomic E-state index is -0.394. The molecule has 0 unspecified atom stereocenters. The summed E-state index contributed by atoms with van der Waals surface area (Å²) in [7, 11) is 0. The zero-order chi connectivity index (χ0) is 18.0. The van der Waals surface area contributed by atoms with E-state index in [-0.39, 0.29) is 22.5 Å². The quantitative estimate of drug-likeness (QED) is 0.649. The molecule has 7 heteroatoms. The molecule has 1 aliphatic heterocycles. The lowest BCUT2D eigenvalue weighted by Gasteiger charge is -2.13. The number of amides is 1. The normalized spacial score (nSPS) is 15.6. The van der Waals surface area contributed by atoms with Crippen LogP contribution in [0.25, 0.3) is 6.08 Å². The second-order valence-electron chi connectivity index (χ2n) is 5.27. The highest BCUT2D eigenvalue weighted by atomic mass is 32.1. The second-order valence-corrected chi connectivity index (χ2v) is 5.65. The van der Waals surface area contributed by atoms with Crippen molar-refractivity contribution in [2.75, 3.05) is 11.5 Å². The van der Waals surface area contributed by atoms with E-state index < -0.39 is 5.82 Å². The Balaban J connectivity index is 1.87. The van der Waals surface area contributed by atoms with Gasteiger partial charge in [0.15, 0.2) is 16.6 Å². The molecule has 1 saturated heterocycles. The Bertz CT molecular complexity index is 865. The van der Waals surface area contributed by atoms with Crippen LogP contribution in [0.5, 0.6) is 11.5 Å². The fourth-order valence-corrected chi connectivity index (χ4v) is 2.73. The van der Waals surface area contributed by atoms with Gasteiger partial charge in [-0.25, -0.2) is 4.39 Å². The third-order valence-electron chi connectivity index (χ3n) is 3.56. The van der Waals surface area contributed by atoms with Gasteiger partial charge in [0, 0.05) is 0 Å². The Hall–Kier alpha value is -2.93. The van der Waals surface area contributed by atoms with Gasteiger partial charge in [0.2, 0.25) is 0 Å². The van der Waals surface area contributed by atoms with E-state index in [4.69, 9.17) is 17.0 Å². The van der Waals surface area contributed by atoms with Crippen LogP contribution in [0.4, 0.5) is 10.1 Å². The Morgan fingerprint density at radius 1 is 1.28 bits per heavy atom. The molecule has 0 aromatic heterocycles. The number of anilines is 1. The van der Waals surface area contributed by atoms with Crippen molar-refractivity contribution in [2.45, 2.75) is 6.92 Å². The number of rotatable bonds is 4. The average molecular weight is 358 g/mol. The summed E-state index contributed by atoms with van der Waals surface area (Å²) >= 11 is 5.20. The molecule has 2 aromatic carbocycles. The van der Waals surface area contributed by atoms with E-state index in [0.29, 0.717) is 23.6 Å². The number of carbonyl (C=O) groups is 1. The molecule has 0 spiro atoms. The molecule has 1 heterocycles. The van der Waals surface area contributed by atoms with E-state index >= 15 is 0 Å². The third-order valence-corrected chi connectivity index (χ3v) is 3.84. The van der Waals surface area contributed by atoms with Crippen LogP contribution in [0.2, 0.25) is 0 Å². The zero-order valence-electron chi connectivity index (χ0n) is 13.3. The maximum Gasteiger partial charge on any atom is 0.281 e. The smallest absolute Gasteiger partial charge is 0.281 e. The van der Waals surface area contributed by atoms with Gasteiger partial charge in [-0.3, -0.25) is 9.69 Å². The monoisotopic (exact) mass is 358 g/mol. The van der Waals surface area contributed by atoms with Crippen molar-refractivity contribution in [3.8, 4) is 11.5 Å². The van der Waals surface area contributed by atoms with Crippen molar-refractivity contribution >= 4 is 35.0 Å². The van der Waals surface area contributed by atoms with Crippen molar-refractivity contribution in [3.05, 3.63) is 59.5 Å². The maximum atomic E-state index is 13.1. The summed E-state index contributed by atoms with van der Waals surface area (Å²) in [6.07, 6.45) is 1.58.